The third-order valence-electron chi connectivity index (χ3n) is 5.72. The lowest BCUT2D eigenvalue weighted by Gasteiger charge is -2.29. The number of amides is 1. The van der Waals surface area contributed by atoms with Crippen molar-refractivity contribution in [1.29, 1.82) is 0 Å². The molecule has 29 heavy (non-hydrogen) atoms. The van der Waals surface area contributed by atoms with E-state index in [2.05, 4.69) is 46.1 Å². The maximum Gasteiger partial charge on any atom is 0.290 e. The number of anilines is 1. The SMILES string of the molecule is CCCc1cnc(N2C[C@@H]3CN(C(C)=O)[C@H](c4ccccc4)[C@@H]3C2)nc1.O=CO. The minimum absolute atomic E-state index is 0.156. The van der Waals surface area contributed by atoms with Gasteiger partial charge in [0.25, 0.3) is 6.47 Å². The molecule has 2 aliphatic heterocycles. The summed E-state index contributed by atoms with van der Waals surface area (Å²) in [5.74, 6) is 1.89. The van der Waals surface area contributed by atoms with Crippen molar-refractivity contribution in [2.75, 3.05) is 24.5 Å². The number of fused-ring (bicyclic) bond motifs is 1. The van der Waals surface area contributed by atoms with Crippen LogP contribution in [0.1, 0.15) is 37.4 Å². The number of hydrogen-bond acceptors (Lipinski definition) is 5. The lowest BCUT2D eigenvalue weighted by atomic mass is 9.89. The molecule has 2 aliphatic rings. The third-order valence-corrected chi connectivity index (χ3v) is 5.72. The zero-order chi connectivity index (χ0) is 20.8. The summed E-state index contributed by atoms with van der Waals surface area (Å²) in [5.41, 5.74) is 2.43. The van der Waals surface area contributed by atoms with E-state index >= 15 is 0 Å². The number of carboxylic acid groups (broad SMARTS) is 1. The molecule has 0 radical (unpaired) electrons. The number of nitrogens with zero attached hydrogens (tertiary/aromatic N) is 4. The fourth-order valence-electron chi connectivity index (χ4n) is 4.54. The van der Waals surface area contributed by atoms with Gasteiger partial charge in [-0.15, -0.1) is 0 Å². The molecule has 2 saturated heterocycles. The predicted molar refractivity (Wildman–Crippen MR) is 110 cm³/mol. The van der Waals surface area contributed by atoms with Gasteiger partial charge >= 0.3 is 0 Å². The Morgan fingerprint density at radius 2 is 1.83 bits per heavy atom. The molecule has 2 aromatic rings. The second-order valence-electron chi connectivity index (χ2n) is 7.60. The molecule has 0 saturated carbocycles. The first kappa shape index (κ1) is 20.8. The van der Waals surface area contributed by atoms with E-state index < -0.39 is 0 Å². The summed E-state index contributed by atoms with van der Waals surface area (Å²) in [6.45, 7) is 6.25. The fraction of sp³-hybridized carbons (Fsp3) is 0.455. The Balaban J connectivity index is 0.000000755. The van der Waals surface area contributed by atoms with Crippen LogP contribution in [0, 0.1) is 11.8 Å². The largest absolute Gasteiger partial charge is 0.483 e. The van der Waals surface area contributed by atoms with Crippen molar-refractivity contribution in [1.82, 2.24) is 14.9 Å². The second-order valence-corrected chi connectivity index (χ2v) is 7.60. The Morgan fingerprint density at radius 3 is 2.41 bits per heavy atom. The summed E-state index contributed by atoms with van der Waals surface area (Å²) in [4.78, 5) is 34.1. The van der Waals surface area contributed by atoms with Gasteiger partial charge in [0.05, 0.1) is 6.04 Å². The summed E-state index contributed by atoms with van der Waals surface area (Å²) >= 11 is 0. The van der Waals surface area contributed by atoms with Crippen LogP contribution in [0.25, 0.3) is 0 Å². The number of rotatable bonds is 4. The minimum Gasteiger partial charge on any atom is -0.483 e. The van der Waals surface area contributed by atoms with Crippen molar-refractivity contribution in [3.8, 4) is 0 Å². The van der Waals surface area contributed by atoms with Crippen molar-refractivity contribution in [2.45, 2.75) is 32.7 Å². The molecule has 0 spiro atoms. The summed E-state index contributed by atoms with van der Waals surface area (Å²) in [5, 5.41) is 6.89. The van der Waals surface area contributed by atoms with Crippen LogP contribution in [0.15, 0.2) is 42.7 Å². The Bertz CT molecular complexity index is 813. The highest BCUT2D eigenvalue weighted by molar-refractivity contribution is 5.74. The van der Waals surface area contributed by atoms with Gasteiger partial charge in [-0.2, -0.15) is 0 Å². The zero-order valence-electron chi connectivity index (χ0n) is 16.9. The molecular formula is C22H28N4O3. The molecular weight excluding hydrogens is 368 g/mol. The topological polar surface area (TPSA) is 86.6 Å². The number of hydrogen-bond donors (Lipinski definition) is 1. The van der Waals surface area contributed by atoms with E-state index in [4.69, 9.17) is 9.90 Å². The van der Waals surface area contributed by atoms with Gasteiger partial charge in [-0.1, -0.05) is 43.7 Å². The van der Waals surface area contributed by atoms with E-state index in [9.17, 15) is 4.79 Å². The van der Waals surface area contributed by atoms with E-state index in [1.165, 1.54) is 11.1 Å². The fourth-order valence-corrected chi connectivity index (χ4v) is 4.54. The Labute approximate surface area is 171 Å². The molecule has 7 nitrogen and oxygen atoms in total. The van der Waals surface area contributed by atoms with E-state index in [1.807, 2.05) is 23.4 Å². The molecule has 1 aromatic carbocycles. The van der Waals surface area contributed by atoms with Crippen LogP contribution < -0.4 is 4.90 Å². The molecule has 7 heteroatoms. The van der Waals surface area contributed by atoms with Gasteiger partial charge in [-0.3, -0.25) is 9.59 Å². The molecule has 0 bridgehead atoms. The van der Waals surface area contributed by atoms with Gasteiger partial charge in [-0.05, 0) is 17.5 Å². The zero-order valence-corrected chi connectivity index (χ0v) is 16.9. The molecule has 1 aromatic heterocycles. The van der Waals surface area contributed by atoms with Gasteiger partial charge in [0, 0.05) is 50.8 Å². The summed E-state index contributed by atoms with van der Waals surface area (Å²) in [6.07, 6.45) is 6.04. The Kier molecular flexibility index (Phi) is 6.80. The first-order valence-corrected chi connectivity index (χ1v) is 10.0. The first-order chi connectivity index (χ1) is 14.1. The number of carbonyl (C=O) groups is 2. The maximum absolute atomic E-state index is 12.2. The number of aryl methyl sites for hydroxylation is 1. The molecule has 1 amide bonds. The van der Waals surface area contributed by atoms with Gasteiger partial charge in [0.15, 0.2) is 0 Å². The number of benzene rings is 1. The van der Waals surface area contributed by atoms with Crippen LogP contribution in [-0.4, -0.2) is 52.0 Å². The first-order valence-electron chi connectivity index (χ1n) is 10.0. The number of likely N-dealkylation sites (tertiary alicyclic amines) is 1. The average Bonchev–Trinajstić information content (AvgIpc) is 3.28. The molecule has 2 fully saturated rings. The summed E-state index contributed by atoms with van der Waals surface area (Å²) in [7, 11) is 0. The van der Waals surface area contributed by atoms with Gasteiger partial charge in [0.1, 0.15) is 0 Å². The Morgan fingerprint density at radius 1 is 1.17 bits per heavy atom. The normalized spacial score (nSPS) is 22.6. The second kappa shape index (κ2) is 9.49. The monoisotopic (exact) mass is 396 g/mol. The molecule has 1 N–H and O–H groups in total. The van der Waals surface area contributed by atoms with E-state index in [-0.39, 0.29) is 18.4 Å². The van der Waals surface area contributed by atoms with E-state index in [0.29, 0.717) is 11.8 Å². The van der Waals surface area contributed by atoms with Crippen LogP contribution >= 0.6 is 0 Å². The van der Waals surface area contributed by atoms with Crippen LogP contribution in [0.3, 0.4) is 0 Å². The number of aromatic nitrogens is 2. The molecule has 0 unspecified atom stereocenters. The highest BCUT2D eigenvalue weighted by atomic mass is 16.3. The highest BCUT2D eigenvalue weighted by Gasteiger charge is 2.48. The quantitative estimate of drug-likeness (QED) is 0.800. The lowest BCUT2D eigenvalue weighted by Crippen LogP contribution is -2.34. The van der Waals surface area contributed by atoms with Crippen molar-refractivity contribution in [3.05, 3.63) is 53.9 Å². The third kappa shape index (κ3) is 4.55. The van der Waals surface area contributed by atoms with Crippen molar-refractivity contribution in [2.24, 2.45) is 11.8 Å². The number of carbonyl (C=O) groups excluding carboxylic acids is 1. The minimum atomic E-state index is -0.250. The summed E-state index contributed by atoms with van der Waals surface area (Å²) in [6, 6.07) is 10.6. The smallest absolute Gasteiger partial charge is 0.290 e. The van der Waals surface area contributed by atoms with Crippen molar-refractivity contribution < 1.29 is 14.7 Å². The molecule has 3 heterocycles. The van der Waals surface area contributed by atoms with Crippen LogP contribution in [-0.2, 0) is 16.0 Å². The van der Waals surface area contributed by atoms with Crippen LogP contribution in [0.2, 0.25) is 0 Å². The molecule has 4 rings (SSSR count). The lowest BCUT2D eigenvalue weighted by molar-refractivity contribution is -0.130. The molecule has 0 aliphatic carbocycles. The van der Waals surface area contributed by atoms with Crippen LogP contribution in [0.5, 0.6) is 0 Å². The average molecular weight is 396 g/mol. The van der Waals surface area contributed by atoms with Gasteiger partial charge in [0.2, 0.25) is 11.9 Å². The van der Waals surface area contributed by atoms with Crippen molar-refractivity contribution >= 4 is 18.3 Å². The van der Waals surface area contributed by atoms with Crippen molar-refractivity contribution in [3.63, 3.8) is 0 Å². The molecule has 3 atom stereocenters. The maximum atomic E-state index is 12.2. The van der Waals surface area contributed by atoms with E-state index in [1.54, 1.807) is 6.92 Å². The van der Waals surface area contributed by atoms with Crippen LogP contribution in [0.4, 0.5) is 5.95 Å². The highest BCUT2D eigenvalue weighted by Crippen LogP contribution is 2.45. The predicted octanol–water partition coefficient (Wildman–Crippen LogP) is 2.79. The molecule has 154 valence electrons. The van der Waals surface area contributed by atoms with Gasteiger partial charge in [-0.25, -0.2) is 9.97 Å². The van der Waals surface area contributed by atoms with Gasteiger partial charge < -0.3 is 14.9 Å². The van der Waals surface area contributed by atoms with E-state index in [0.717, 1.165) is 38.4 Å². The Hall–Kier alpha value is -2.96. The summed E-state index contributed by atoms with van der Waals surface area (Å²) < 4.78 is 0. The standard InChI is InChI=1S/C21H26N4O.CH2O2/c1-3-7-16-10-22-21(23-11-16)24-12-18-13-25(15(2)26)20(19(18)14-24)17-8-5-4-6-9-17;2-1-3/h4-6,8-11,18-20H,3,7,12-14H2,1-2H3;1H,(H,2,3)/t18-,19-,20-;/m1./s1.